The summed E-state index contributed by atoms with van der Waals surface area (Å²) in [6, 6.07) is 0. The van der Waals surface area contributed by atoms with Gasteiger partial charge in [0.15, 0.2) is 11.9 Å². The molecule has 0 aromatic carbocycles. The molecule has 0 fully saturated rings. The Hall–Kier alpha value is -1.27. The molecule has 72 valence electrons. The van der Waals surface area contributed by atoms with E-state index in [1.54, 1.807) is 0 Å². The van der Waals surface area contributed by atoms with Crippen LogP contribution in [-0.4, -0.2) is 45.2 Å². The standard InChI is InChI=1S/C6H8O6.C/c7-1-2(8)5-3(9)4(10)6(11)12-5;/h2,5,7-10H,1H2;/t2-,5+;/m0./s1. The summed E-state index contributed by atoms with van der Waals surface area (Å²) in [6.45, 7) is -0.671. The molecule has 6 nitrogen and oxygen atoms in total. The Morgan fingerprint density at radius 1 is 1.46 bits per heavy atom. The lowest BCUT2D eigenvalue weighted by molar-refractivity contribution is -0.147. The first kappa shape index (κ1) is 11.7. The molecular weight excluding hydrogens is 180 g/mol. The lowest BCUT2D eigenvalue weighted by atomic mass is 10.2. The van der Waals surface area contributed by atoms with E-state index in [1.807, 2.05) is 0 Å². The summed E-state index contributed by atoms with van der Waals surface area (Å²) in [5.41, 5.74) is 0. The van der Waals surface area contributed by atoms with Crippen molar-refractivity contribution in [1.82, 2.24) is 0 Å². The van der Waals surface area contributed by atoms with Crippen LogP contribution in [0.25, 0.3) is 0 Å². The van der Waals surface area contributed by atoms with Crippen molar-refractivity contribution < 1.29 is 30.0 Å². The molecule has 0 saturated carbocycles. The molecule has 13 heavy (non-hydrogen) atoms. The Balaban J connectivity index is 0.00000144. The smallest absolute Gasteiger partial charge is 0.377 e. The maximum absolute atomic E-state index is 10.5. The second-order valence-corrected chi connectivity index (χ2v) is 2.31. The summed E-state index contributed by atoms with van der Waals surface area (Å²) in [5, 5.41) is 35.0. The highest BCUT2D eigenvalue weighted by Crippen LogP contribution is 2.20. The predicted octanol–water partition coefficient (Wildman–Crippen LogP) is -1.33. The number of rotatable bonds is 2. The summed E-state index contributed by atoms with van der Waals surface area (Å²) in [7, 11) is 0. The number of aliphatic hydroxyl groups excluding tert-OH is 4. The van der Waals surface area contributed by atoms with E-state index in [0.717, 1.165) is 0 Å². The number of ether oxygens (including phenoxy) is 1. The van der Waals surface area contributed by atoms with Gasteiger partial charge in [0.05, 0.1) is 6.61 Å². The number of aliphatic hydroxyl groups is 4. The zero-order chi connectivity index (χ0) is 9.30. The van der Waals surface area contributed by atoms with E-state index in [2.05, 4.69) is 4.74 Å². The van der Waals surface area contributed by atoms with Crippen molar-refractivity contribution in [1.29, 1.82) is 0 Å². The molecule has 1 aliphatic heterocycles. The molecule has 1 heterocycles. The maximum atomic E-state index is 10.5. The molecule has 6 heteroatoms. The number of cyclic esters (lactones) is 1. The summed E-state index contributed by atoms with van der Waals surface area (Å²) in [4.78, 5) is 10.5. The Morgan fingerprint density at radius 2 is 2.00 bits per heavy atom. The molecule has 0 aromatic rings. The molecule has 0 aromatic heterocycles. The van der Waals surface area contributed by atoms with E-state index in [1.165, 1.54) is 0 Å². The van der Waals surface area contributed by atoms with Crippen LogP contribution in [0.15, 0.2) is 11.5 Å². The molecule has 0 aliphatic carbocycles. The maximum Gasteiger partial charge on any atom is 0.377 e. The third-order valence-electron chi connectivity index (χ3n) is 1.48. The fourth-order valence-corrected chi connectivity index (χ4v) is 0.823. The van der Waals surface area contributed by atoms with Gasteiger partial charge in [0.1, 0.15) is 6.10 Å². The highest BCUT2D eigenvalue weighted by molar-refractivity contribution is 5.89. The normalized spacial score (nSPS) is 23.8. The average Bonchev–Trinajstić information content (AvgIpc) is 2.32. The topological polar surface area (TPSA) is 107 Å². The molecule has 4 radical (unpaired) electrons. The van der Waals surface area contributed by atoms with Gasteiger partial charge in [-0.2, -0.15) is 0 Å². The molecule has 1 rings (SSSR count). The van der Waals surface area contributed by atoms with Crippen molar-refractivity contribution in [2.24, 2.45) is 0 Å². The van der Waals surface area contributed by atoms with E-state index < -0.39 is 36.3 Å². The van der Waals surface area contributed by atoms with Gasteiger partial charge in [-0.1, -0.05) is 0 Å². The number of hydrogen-bond donors (Lipinski definition) is 4. The first-order chi connectivity index (χ1) is 5.57. The van der Waals surface area contributed by atoms with Crippen molar-refractivity contribution in [3.63, 3.8) is 0 Å². The van der Waals surface area contributed by atoms with Crippen molar-refractivity contribution >= 4 is 5.97 Å². The van der Waals surface area contributed by atoms with Gasteiger partial charge in [-0.05, 0) is 0 Å². The lowest BCUT2D eigenvalue weighted by Gasteiger charge is -2.13. The van der Waals surface area contributed by atoms with E-state index in [9.17, 15) is 4.79 Å². The summed E-state index contributed by atoms with van der Waals surface area (Å²) in [5.74, 6) is -2.78. The number of carbonyl (C=O) groups is 1. The van der Waals surface area contributed by atoms with Crippen LogP contribution in [0.1, 0.15) is 0 Å². The zero-order valence-corrected chi connectivity index (χ0v) is 6.47. The van der Waals surface area contributed by atoms with Crippen molar-refractivity contribution in [3.8, 4) is 0 Å². The highest BCUT2D eigenvalue weighted by Gasteiger charge is 2.38. The van der Waals surface area contributed by atoms with Crippen molar-refractivity contribution in [2.45, 2.75) is 12.2 Å². The summed E-state index contributed by atoms with van der Waals surface area (Å²) >= 11 is 0. The Morgan fingerprint density at radius 3 is 2.31 bits per heavy atom. The molecular formula is C7H8O6. The second kappa shape index (κ2) is 4.11. The van der Waals surface area contributed by atoms with Crippen LogP contribution in [0.2, 0.25) is 0 Å². The molecule has 0 unspecified atom stereocenters. The minimum absolute atomic E-state index is 0. The monoisotopic (exact) mass is 188 g/mol. The molecule has 0 saturated heterocycles. The molecule has 0 bridgehead atoms. The van der Waals surface area contributed by atoms with Gasteiger partial charge < -0.3 is 25.2 Å². The van der Waals surface area contributed by atoms with Crippen LogP contribution in [0.5, 0.6) is 0 Å². The van der Waals surface area contributed by atoms with E-state index >= 15 is 0 Å². The minimum atomic E-state index is -1.42. The number of hydrogen-bond acceptors (Lipinski definition) is 6. The van der Waals surface area contributed by atoms with Crippen LogP contribution in [-0.2, 0) is 9.53 Å². The summed E-state index contributed by atoms with van der Waals surface area (Å²) in [6.07, 6.45) is -2.78. The molecule has 1 aliphatic rings. The van der Waals surface area contributed by atoms with Crippen LogP contribution < -0.4 is 0 Å². The van der Waals surface area contributed by atoms with E-state index in [-0.39, 0.29) is 7.43 Å². The Labute approximate surface area is 74.7 Å². The molecule has 0 spiro atoms. The third-order valence-corrected chi connectivity index (χ3v) is 1.48. The van der Waals surface area contributed by atoms with E-state index in [4.69, 9.17) is 20.4 Å². The Kier molecular flexibility index (Phi) is 3.70. The van der Waals surface area contributed by atoms with Gasteiger partial charge in [0.25, 0.3) is 0 Å². The molecule has 0 amide bonds. The molecule has 4 N–H and O–H groups in total. The van der Waals surface area contributed by atoms with Gasteiger partial charge in [0, 0.05) is 7.43 Å². The second-order valence-electron chi connectivity index (χ2n) is 2.31. The van der Waals surface area contributed by atoms with Gasteiger partial charge in [-0.3, -0.25) is 0 Å². The summed E-state index contributed by atoms with van der Waals surface area (Å²) < 4.78 is 4.32. The first-order valence-corrected chi connectivity index (χ1v) is 3.20. The average molecular weight is 188 g/mol. The van der Waals surface area contributed by atoms with Crippen molar-refractivity contribution in [2.75, 3.05) is 6.61 Å². The van der Waals surface area contributed by atoms with Crippen LogP contribution in [0.4, 0.5) is 0 Å². The number of carbonyl (C=O) groups excluding carboxylic acids is 1. The lowest BCUT2D eigenvalue weighted by Crippen LogP contribution is -2.31. The van der Waals surface area contributed by atoms with Gasteiger partial charge >= 0.3 is 5.97 Å². The van der Waals surface area contributed by atoms with E-state index in [0.29, 0.717) is 0 Å². The fourth-order valence-electron chi connectivity index (χ4n) is 0.823. The SMILES string of the molecule is O=C1O[C@H]([C@@H](O)CO)C(O)=C1O.[C]. The third kappa shape index (κ3) is 1.90. The largest absolute Gasteiger partial charge is 0.505 e. The van der Waals surface area contributed by atoms with Crippen LogP contribution in [0, 0.1) is 7.43 Å². The highest BCUT2D eigenvalue weighted by atomic mass is 16.6. The quantitative estimate of drug-likeness (QED) is 0.400. The predicted molar refractivity (Wildman–Crippen MR) is 38.5 cm³/mol. The Bertz CT molecular complexity index is 233. The van der Waals surface area contributed by atoms with Crippen LogP contribution in [0.3, 0.4) is 0 Å². The van der Waals surface area contributed by atoms with Crippen molar-refractivity contribution in [3.05, 3.63) is 18.9 Å². The van der Waals surface area contributed by atoms with Gasteiger partial charge in [-0.15, -0.1) is 0 Å². The zero-order valence-electron chi connectivity index (χ0n) is 6.47. The van der Waals surface area contributed by atoms with Gasteiger partial charge in [0.2, 0.25) is 5.76 Å². The van der Waals surface area contributed by atoms with Crippen LogP contribution >= 0.6 is 0 Å². The van der Waals surface area contributed by atoms with Gasteiger partial charge in [-0.25, -0.2) is 4.79 Å². The first-order valence-electron chi connectivity index (χ1n) is 3.20. The molecule has 2 atom stereocenters. The fraction of sp³-hybridized carbons (Fsp3) is 0.429. The number of esters is 1. The minimum Gasteiger partial charge on any atom is -0.505 e.